The van der Waals surface area contributed by atoms with Crippen LogP contribution in [0.4, 0.5) is 5.69 Å². The normalized spacial score (nSPS) is 10.8. The summed E-state index contributed by atoms with van der Waals surface area (Å²) in [6, 6.07) is 17.8. The number of aliphatic imine (C=N–C) groups is 1. The van der Waals surface area contributed by atoms with Crippen LogP contribution in [0.5, 0.6) is 5.75 Å². The molecule has 28 heavy (non-hydrogen) atoms. The zero-order chi connectivity index (χ0) is 19.8. The summed E-state index contributed by atoms with van der Waals surface area (Å²) in [4.78, 5) is 27.9. The summed E-state index contributed by atoms with van der Waals surface area (Å²) in [5.41, 5.74) is 2.88. The SMILES string of the molecule is Cc1ccc(NCC(=O)CN=Cc2ccc(OC(=O)c3ccco3)cc2)cc1. The van der Waals surface area contributed by atoms with Crippen LogP contribution in [0.3, 0.4) is 0 Å². The van der Waals surface area contributed by atoms with Crippen LogP contribution in [-0.2, 0) is 4.79 Å². The van der Waals surface area contributed by atoms with Crippen LogP contribution in [0.15, 0.2) is 76.3 Å². The van der Waals surface area contributed by atoms with Gasteiger partial charge in [-0.25, -0.2) is 4.79 Å². The first-order valence-electron chi connectivity index (χ1n) is 8.78. The van der Waals surface area contributed by atoms with Crippen molar-refractivity contribution < 1.29 is 18.7 Å². The maximum absolute atomic E-state index is 11.9. The lowest BCUT2D eigenvalue weighted by molar-refractivity contribution is -0.116. The summed E-state index contributed by atoms with van der Waals surface area (Å²) >= 11 is 0. The Morgan fingerprint density at radius 1 is 1.07 bits per heavy atom. The summed E-state index contributed by atoms with van der Waals surface area (Å²) in [5.74, 6) is -0.0285. The van der Waals surface area contributed by atoms with E-state index in [9.17, 15) is 9.59 Å². The molecule has 1 heterocycles. The third-order valence-electron chi connectivity index (χ3n) is 3.86. The molecule has 0 aliphatic carbocycles. The van der Waals surface area contributed by atoms with Crippen LogP contribution in [0.25, 0.3) is 0 Å². The maximum Gasteiger partial charge on any atom is 0.379 e. The third-order valence-corrected chi connectivity index (χ3v) is 3.86. The van der Waals surface area contributed by atoms with Gasteiger partial charge in [0.15, 0.2) is 5.78 Å². The zero-order valence-corrected chi connectivity index (χ0v) is 15.4. The van der Waals surface area contributed by atoms with E-state index in [0.29, 0.717) is 5.75 Å². The van der Waals surface area contributed by atoms with Crippen molar-refractivity contribution >= 4 is 23.7 Å². The van der Waals surface area contributed by atoms with Crippen molar-refractivity contribution in [2.75, 3.05) is 18.4 Å². The van der Waals surface area contributed by atoms with Gasteiger partial charge >= 0.3 is 5.97 Å². The molecular formula is C22H20N2O4. The molecule has 0 aliphatic rings. The molecular weight excluding hydrogens is 356 g/mol. The first-order valence-corrected chi connectivity index (χ1v) is 8.78. The third kappa shape index (κ3) is 5.67. The number of hydrogen-bond acceptors (Lipinski definition) is 6. The summed E-state index contributed by atoms with van der Waals surface area (Å²) in [7, 11) is 0. The van der Waals surface area contributed by atoms with Gasteiger partial charge in [0.2, 0.25) is 5.76 Å². The molecule has 0 spiro atoms. The fraction of sp³-hybridized carbons (Fsp3) is 0.136. The van der Waals surface area contributed by atoms with Gasteiger partial charge in [0.05, 0.1) is 19.4 Å². The summed E-state index contributed by atoms with van der Waals surface area (Å²) in [6.45, 7) is 2.33. The number of carbonyl (C=O) groups excluding carboxylic acids is 2. The first kappa shape index (κ1) is 19.1. The van der Waals surface area contributed by atoms with Crippen LogP contribution in [0.2, 0.25) is 0 Å². The second kappa shape index (κ2) is 9.32. The Morgan fingerprint density at radius 3 is 2.50 bits per heavy atom. The fourth-order valence-electron chi connectivity index (χ4n) is 2.35. The van der Waals surface area contributed by atoms with E-state index in [1.807, 2.05) is 31.2 Å². The topological polar surface area (TPSA) is 80.9 Å². The Hall–Kier alpha value is -3.67. The molecule has 0 radical (unpaired) electrons. The van der Waals surface area contributed by atoms with Gasteiger partial charge in [-0.2, -0.15) is 0 Å². The lowest BCUT2D eigenvalue weighted by Gasteiger charge is -2.04. The van der Waals surface area contributed by atoms with Gasteiger partial charge in [0.1, 0.15) is 5.75 Å². The lowest BCUT2D eigenvalue weighted by atomic mass is 10.2. The number of ether oxygens (including phenoxy) is 1. The van der Waals surface area contributed by atoms with E-state index >= 15 is 0 Å². The Bertz CT molecular complexity index is 943. The molecule has 3 aromatic rings. The Balaban J connectivity index is 1.44. The molecule has 142 valence electrons. The highest BCUT2D eigenvalue weighted by atomic mass is 16.5. The van der Waals surface area contributed by atoms with Gasteiger partial charge in [-0.3, -0.25) is 9.79 Å². The number of Topliss-reactive ketones (excluding diaryl/α,β-unsaturated/α-hetero) is 1. The molecule has 6 heteroatoms. The highest BCUT2D eigenvalue weighted by molar-refractivity contribution is 5.89. The molecule has 0 amide bonds. The molecule has 0 atom stereocenters. The molecule has 0 unspecified atom stereocenters. The Kier molecular flexibility index (Phi) is 6.36. The van der Waals surface area contributed by atoms with Gasteiger partial charge in [0.25, 0.3) is 0 Å². The van der Waals surface area contributed by atoms with Crippen molar-refractivity contribution in [3.63, 3.8) is 0 Å². The lowest BCUT2D eigenvalue weighted by Crippen LogP contribution is -2.16. The number of ketones is 1. The van der Waals surface area contributed by atoms with E-state index in [0.717, 1.165) is 11.3 Å². The minimum absolute atomic E-state index is 0.0131. The number of benzene rings is 2. The van der Waals surface area contributed by atoms with Crippen LogP contribution in [0.1, 0.15) is 21.7 Å². The molecule has 1 aromatic heterocycles. The number of carbonyl (C=O) groups is 2. The van der Waals surface area contributed by atoms with Crippen molar-refractivity contribution in [3.05, 3.63) is 83.8 Å². The smallest absolute Gasteiger partial charge is 0.379 e. The predicted molar refractivity (Wildman–Crippen MR) is 107 cm³/mol. The molecule has 0 saturated heterocycles. The van der Waals surface area contributed by atoms with Crippen molar-refractivity contribution in [3.8, 4) is 5.75 Å². The first-order chi connectivity index (χ1) is 13.6. The molecule has 6 nitrogen and oxygen atoms in total. The van der Waals surface area contributed by atoms with E-state index in [2.05, 4.69) is 10.3 Å². The number of hydrogen-bond donors (Lipinski definition) is 1. The highest BCUT2D eigenvalue weighted by Gasteiger charge is 2.10. The van der Waals surface area contributed by atoms with Gasteiger partial charge in [0, 0.05) is 11.9 Å². The van der Waals surface area contributed by atoms with E-state index < -0.39 is 5.97 Å². The summed E-state index contributed by atoms with van der Waals surface area (Å²) in [6.07, 6.45) is 3.02. The minimum Gasteiger partial charge on any atom is -0.457 e. The molecule has 0 fully saturated rings. The molecule has 1 N–H and O–H groups in total. The number of rotatable bonds is 8. The highest BCUT2D eigenvalue weighted by Crippen LogP contribution is 2.14. The second-order valence-corrected chi connectivity index (χ2v) is 6.16. The summed E-state index contributed by atoms with van der Waals surface area (Å²) in [5, 5.41) is 3.08. The number of anilines is 1. The fourth-order valence-corrected chi connectivity index (χ4v) is 2.35. The van der Waals surface area contributed by atoms with Crippen LogP contribution >= 0.6 is 0 Å². The molecule has 3 rings (SSSR count). The van der Waals surface area contributed by atoms with Crippen LogP contribution < -0.4 is 10.1 Å². The summed E-state index contributed by atoms with van der Waals surface area (Å²) < 4.78 is 10.2. The minimum atomic E-state index is -0.557. The Morgan fingerprint density at radius 2 is 1.82 bits per heavy atom. The van der Waals surface area contributed by atoms with Crippen LogP contribution in [-0.4, -0.2) is 31.1 Å². The number of esters is 1. The van der Waals surface area contributed by atoms with Crippen molar-refractivity contribution in [1.82, 2.24) is 0 Å². The molecule has 2 aromatic carbocycles. The van der Waals surface area contributed by atoms with E-state index in [1.54, 1.807) is 36.5 Å². The van der Waals surface area contributed by atoms with Crippen molar-refractivity contribution in [1.29, 1.82) is 0 Å². The number of aryl methyl sites for hydroxylation is 1. The quantitative estimate of drug-likeness (QED) is 0.366. The molecule has 0 aliphatic heterocycles. The van der Waals surface area contributed by atoms with E-state index in [1.165, 1.54) is 17.9 Å². The average molecular weight is 376 g/mol. The van der Waals surface area contributed by atoms with Gasteiger partial charge < -0.3 is 14.5 Å². The van der Waals surface area contributed by atoms with Crippen LogP contribution in [0, 0.1) is 6.92 Å². The number of nitrogens with zero attached hydrogens (tertiary/aromatic N) is 1. The predicted octanol–water partition coefficient (Wildman–Crippen LogP) is 3.91. The largest absolute Gasteiger partial charge is 0.457 e. The monoisotopic (exact) mass is 376 g/mol. The van der Waals surface area contributed by atoms with Crippen molar-refractivity contribution in [2.45, 2.75) is 6.92 Å². The van der Waals surface area contributed by atoms with Gasteiger partial charge in [-0.05, 0) is 61.0 Å². The van der Waals surface area contributed by atoms with E-state index in [-0.39, 0.29) is 24.6 Å². The standard InChI is InChI=1S/C22H20N2O4/c1-16-4-8-18(9-5-16)24-15-19(25)14-23-13-17-6-10-20(11-7-17)28-22(26)21-3-2-12-27-21/h2-13,24H,14-15H2,1H3. The average Bonchev–Trinajstić information content (AvgIpc) is 3.24. The van der Waals surface area contributed by atoms with Gasteiger partial charge in [-0.15, -0.1) is 0 Å². The van der Waals surface area contributed by atoms with Gasteiger partial charge in [-0.1, -0.05) is 17.7 Å². The number of nitrogens with one attached hydrogen (secondary N) is 1. The molecule has 0 bridgehead atoms. The Labute approximate surface area is 162 Å². The van der Waals surface area contributed by atoms with E-state index in [4.69, 9.17) is 9.15 Å². The number of furan rings is 1. The molecule has 0 saturated carbocycles. The second-order valence-electron chi connectivity index (χ2n) is 6.16. The maximum atomic E-state index is 11.9. The van der Waals surface area contributed by atoms with Crippen molar-refractivity contribution in [2.24, 2.45) is 4.99 Å². The zero-order valence-electron chi connectivity index (χ0n) is 15.4.